The van der Waals surface area contributed by atoms with Crippen LogP contribution in [0.3, 0.4) is 0 Å². The third-order valence-electron chi connectivity index (χ3n) is 4.39. The van der Waals surface area contributed by atoms with Crippen molar-refractivity contribution in [3.63, 3.8) is 0 Å². The van der Waals surface area contributed by atoms with Gasteiger partial charge in [0, 0.05) is 53.0 Å². The summed E-state index contributed by atoms with van der Waals surface area (Å²) >= 11 is 0. The molecule has 1 heterocycles. The molecule has 132 valence electrons. The van der Waals surface area contributed by atoms with Crippen LogP contribution in [0.15, 0.2) is 30.3 Å². The molecule has 1 atom stereocenters. The highest BCUT2D eigenvalue weighted by atomic mass is 16.2. The number of carbonyl (C=O) groups is 2. The van der Waals surface area contributed by atoms with Gasteiger partial charge in [0.1, 0.15) is 0 Å². The molecular formula is C18H28N4O2. The average molecular weight is 332 g/mol. The fraction of sp³-hybridized carbons (Fsp3) is 0.556. The summed E-state index contributed by atoms with van der Waals surface area (Å²) in [6.07, 6.45) is 1.72. The van der Waals surface area contributed by atoms with Gasteiger partial charge in [0.15, 0.2) is 0 Å². The highest BCUT2D eigenvalue weighted by Gasteiger charge is 2.28. The molecule has 0 saturated carbocycles. The maximum absolute atomic E-state index is 12.4. The van der Waals surface area contributed by atoms with Crippen molar-refractivity contribution in [1.82, 2.24) is 15.1 Å². The summed E-state index contributed by atoms with van der Waals surface area (Å²) in [5.41, 5.74) is 1.13. The number of urea groups is 1. The molecular weight excluding hydrogens is 304 g/mol. The molecule has 1 aromatic rings. The van der Waals surface area contributed by atoms with E-state index in [9.17, 15) is 9.59 Å². The summed E-state index contributed by atoms with van der Waals surface area (Å²) in [6.45, 7) is 2.60. The van der Waals surface area contributed by atoms with Gasteiger partial charge < -0.3 is 20.0 Å². The van der Waals surface area contributed by atoms with E-state index >= 15 is 0 Å². The highest BCUT2D eigenvalue weighted by Crippen LogP contribution is 2.17. The topological polar surface area (TPSA) is 55.9 Å². The number of nitrogens with one attached hydrogen (secondary N) is 1. The predicted molar refractivity (Wildman–Crippen MR) is 96.1 cm³/mol. The van der Waals surface area contributed by atoms with E-state index in [2.05, 4.69) is 10.2 Å². The molecule has 0 bridgehead atoms. The van der Waals surface area contributed by atoms with Gasteiger partial charge in [-0.2, -0.15) is 0 Å². The molecule has 1 aliphatic heterocycles. The Kier molecular flexibility index (Phi) is 6.46. The standard InChI is InChI=1S/C18H28N4O2/c1-20(2)18(24)22-12-7-8-15(14-22)17(23)19-11-13-21(3)16-9-5-4-6-10-16/h4-6,9-10,15H,7-8,11-14H2,1-3H3,(H,19,23). The first kappa shape index (κ1) is 18.1. The van der Waals surface area contributed by atoms with Gasteiger partial charge in [-0.05, 0) is 25.0 Å². The minimum Gasteiger partial charge on any atom is -0.373 e. The Morgan fingerprint density at radius 3 is 2.58 bits per heavy atom. The number of amides is 3. The molecule has 1 unspecified atom stereocenters. The molecule has 1 aliphatic rings. The first-order chi connectivity index (χ1) is 11.5. The van der Waals surface area contributed by atoms with Crippen LogP contribution in [0.4, 0.5) is 10.5 Å². The lowest BCUT2D eigenvalue weighted by atomic mass is 9.97. The van der Waals surface area contributed by atoms with E-state index in [-0.39, 0.29) is 17.9 Å². The Morgan fingerprint density at radius 2 is 1.92 bits per heavy atom. The second-order valence-electron chi connectivity index (χ2n) is 6.51. The van der Waals surface area contributed by atoms with Gasteiger partial charge in [-0.1, -0.05) is 18.2 Å². The summed E-state index contributed by atoms with van der Waals surface area (Å²) in [5, 5.41) is 3.01. The van der Waals surface area contributed by atoms with Crippen molar-refractivity contribution in [2.45, 2.75) is 12.8 Å². The second-order valence-corrected chi connectivity index (χ2v) is 6.51. The molecule has 1 aromatic carbocycles. The number of hydrogen-bond acceptors (Lipinski definition) is 3. The number of likely N-dealkylation sites (tertiary alicyclic amines) is 1. The van der Waals surface area contributed by atoms with Crippen molar-refractivity contribution in [1.29, 1.82) is 0 Å². The molecule has 24 heavy (non-hydrogen) atoms. The third kappa shape index (κ3) is 4.88. The highest BCUT2D eigenvalue weighted by molar-refractivity contribution is 5.80. The average Bonchev–Trinajstić information content (AvgIpc) is 2.61. The number of anilines is 1. The van der Waals surface area contributed by atoms with Crippen LogP contribution in [0.5, 0.6) is 0 Å². The summed E-state index contributed by atoms with van der Waals surface area (Å²) in [4.78, 5) is 29.9. The van der Waals surface area contributed by atoms with Crippen molar-refractivity contribution in [2.75, 3.05) is 52.2 Å². The lowest BCUT2D eigenvalue weighted by Crippen LogP contribution is -2.49. The largest absolute Gasteiger partial charge is 0.373 e. The van der Waals surface area contributed by atoms with Crippen LogP contribution < -0.4 is 10.2 Å². The van der Waals surface area contributed by atoms with Crippen molar-refractivity contribution in [2.24, 2.45) is 5.92 Å². The molecule has 0 radical (unpaired) electrons. The van der Waals surface area contributed by atoms with E-state index in [4.69, 9.17) is 0 Å². The zero-order chi connectivity index (χ0) is 17.5. The zero-order valence-corrected chi connectivity index (χ0v) is 14.9. The Bertz CT molecular complexity index is 547. The van der Waals surface area contributed by atoms with E-state index in [0.717, 1.165) is 31.6 Å². The minimum absolute atomic E-state index is 0.0173. The van der Waals surface area contributed by atoms with Gasteiger partial charge >= 0.3 is 6.03 Å². The summed E-state index contributed by atoms with van der Waals surface area (Å²) in [6, 6.07) is 10.1. The van der Waals surface area contributed by atoms with Gasteiger partial charge in [0.05, 0.1) is 5.92 Å². The molecule has 1 N–H and O–H groups in total. The number of para-hydroxylation sites is 1. The lowest BCUT2D eigenvalue weighted by molar-refractivity contribution is -0.126. The minimum atomic E-state index is -0.107. The number of carbonyl (C=O) groups excluding carboxylic acids is 2. The summed E-state index contributed by atoms with van der Waals surface area (Å²) in [7, 11) is 5.50. The molecule has 3 amide bonds. The smallest absolute Gasteiger partial charge is 0.319 e. The Morgan fingerprint density at radius 1 is 1.21 bits per heavy atom. The van der Waals surface area contributed by atoms with E-state index in [0.29, 0.717) is 13.1 Å². The number of likely N-dealkylation sites (N-methyl/N-ethyl adjacent to an activating group) is 1. The monoisotopic (exact) mass is 332 g/mol. The van der Waals surface area contributed by atoms with E-state index in [1.165, 1.54) is 0 Å². The number of hydrogen-bond donors (Lipinski definition) is 1. The van der Waals surface area contributed by atoms with Gasteiger partial charge in [0.2, 0.25) is 5.91 Å². The van der Waals surface area contributed by atoms with E-state index in [1.54, 1.807) is 23.9 Å². The second kappa shape index (κ2) is 8.57. The molecule has 6 heteroatoms. The first-order valence-electron chi connectivity index (χ1n) is 8.49. The quantitative estimate of drug-likeness (QED) is 0.892. The fourth-order valence-electron chi connectivity index (χ4n) is 2.95. The number of rotatable bonds is 5. The van der Waals surface area contributed by atoms with Gasteiger partial charge in [-0.3, -0.25) is 4.79 Å². The zero-order valence-electron chi connectivity index (χ0n) is 14.9. The maximum Gasteiger partial charge on any atom is 0.319 e. The Hall–Kier alpha value is -2.24. The number of nitrogens with zero attached hydrogens (tertiary/aromatic N) is 3. The normalized spacial score (nSPS) is 17.3. The van der Waals surface area contributed by atoms with Crippen molar-refractivity contribution >= 4 is 17.6 Å². The van der Waals surface area contributed by atoms with Gasteiger partial charge in [0.25, 0.3) is 0 Å². The molecule has 2 rings (SSSR count). The van der Waals surface area contributed by atoms with Crippen molar-refractivity contribution < 1.29 is 9.59 Å². The van der Waals surface area contributed by atoms with Crippen LogP contribution >= 0.6 is 0 Å². The summed E-state index contributed by atoms with van der Waals surface area (Å²) < 4.78 is 0. The predicted octanol–water partition coefficient (Wildman–Crippen LogP) is 1.63. The Labute approximate surface area is 144 Å². The van der Waals surface area contributed by atoms with Crippen molar-refractivity contribution in [3.05, 3.63) is 30.3 Å². The Balaban J connectivity index is 1.77. The van der Waals surface area contributed by atoms with Crippen LogP contribution in [0, 0.1) is 5.92 Å². The summed E-state index contributed by atoms with van der Waals surface area (Å²) in [5.74, 6) is -0.0580. The maximum atomic E-state index is 12.4. The van der Waals surface area contributed by atoms with E-state index < -0.39 is 0 Å². The van der Waals surface area contributed by atoms with Crippen LogP contribution in [0.2, 0.25) is 0 Å². The molecule has 1 fully saturated rings. The van der Waals surface area contributed by atoms with Crippen molar-refractivity contribution in [3.8, 4) is 0 Å². The van der Waals surface area contributed by atoms with E-state index in [1.807, 2.05) is 37.4 Å². The molecule has 0 spiro atoms. The first-order valence-corrected chi connectivity index (χ1v) is 8.49. The third-order valence-corrected chi connectivity index (χ3v) is 4.39. The van der Waals surface area contributed by atoms with Gasteiger partial charge in [-0.15, -0.1) is 0 Å². The SMILES string of the molecule is CN(C)C(=O)N1CCCC(C(=O)NCCN(C)c2ccccc2)C1. The molecule has 0 aliphatic carbocycles. The van der Waals surface area contributed by atoms with Gasteiger partial charge in [-0.25, -0.2) is 4.79 Å². The van der Waals surface area contributed by atoms with Crippen LogP contribution in [0.25, 0.3) is 0 Å². The van der Waals surface area contributed by atoms with Crippen LogP contribution in [-0.4, -0.2) is 69.1 Å². The van der Waals surface area contributed by atoms with Crippen LogP contribution in [-0.2, 0) is 4.79 Å². The number of benzene rings is 1. The van der Waals surface area contributed by atoms with Crippen LogP contribution in [0.1, 0.15) is 12.8 Å². The molecule has 6 nitrogen and oxygen atoms in total. The molecule has 0 aromatic heterocycles. The fourth-order valence-corrected chi connectivity index (χ4v) is 2.95. The number of piperidine rings is 1. The molecule has 1 saturated heterocycles. The lowest BCUT2D eigenvalue weighted by Gasteiger charge is -2.33.